The topological polar surface area (TPSA) is 84.5 Å². The zero-order valence-electron chi connectivity index (χ0n) is 17.7. The van der Waals surface area contributed by atoms with Crippen LogP contribution in [0.15, 0.2) is 65.6 Å². The molecule has 1 aliphatic rings. The van der Waals surface area contributed by atoms with Gasteiger partial charge in [-0.15, -0.1) is 0 Å². The Morgan fingerprint density at radius 1 is 1.09 bits per heavy atom. The maximum Gasteiger partial charge on any atom is 0.262 e. The minimum Gasteiger partial charge on any atom is -0.495 e. The maximum atomic E-state index is 13.7. The van der Waals surface area contributed by atoms with E-state index in [1.54, 1.807) is 49.4 Å². The number of para-hydroxylation sites is 2. The van der Waals surface area contributed by atoms with E-state index in [-0.39, 0.29) is 22.3 Å². The fourth-order valence-corrected chi connectivity index (χ4v) is 5.27. The van der Waals surface area contributed by atoms with Crippen molar-refractivity contribution in [2.24, 2.45) is 0 Å². The molecule has 0 fully saturated rings. The molecular formula is C24H23FN2O4S. The van der Waals surface area contributed by atoms with Crippen LogP contribution in [-0.4, -0.2) is 21.4 Å². The smallest absolute Gasteiger partial charge is 0.262 e. The second-order valence-corrected chi connectivity index (χ2v) is 9.34. The van der Waals surface area contributed by atoms with E-state index in [0.29, 0.717) is 23.4 Å². The highest BCUT2D eigenvalue weighted by atomic mass is 32.2. The second kappa shape index (κ2) is 8.63. The molecule has 1 atom stereocenters. The lowest BCUT2D eigenvalue weighted by Gasteiger charge is -2.16. The van der Waals surface area contributed by atoms with Crippen molar-refractivity contribution in [3.63, 3.8) is 0 Å². The van der Waals surface area contributed by atoms with Gasteiger partial charge < -0.3 is 10.1 Å². The Labute approximate surface area is 186 Å². The van der Waals surface area contributed by atoms with Crippen molar-refractivity contribution in [1.29, 1.82) is 0 Å². The van der Waals surface area contributed by atoms with Gasteiger partial charge in [0.05, 0.1) is 23.7 Å². The molecule has 3 aromatic rings. The molecule has 8 heteroatoms. The van der Waals surface area contributed by atoms with Crippen molar-refractivity contribution in [3.8, 4) is 5.75 Å². The number of nitrogens with one attached hydrogen (secondary N) is 2. The summed E-state index contributed by atoms with van der Waals surface area (Å²) in [6.07, 6.45) is 1.41. The van der Waals surface area contributed by atoms with Crippen molar-refractivity contribution in [2.75, 3.05) is 11.8 Å². The number of anilines is 1. The molecule has 0 saturated heterocycles. The van der Waals surface area contributed by atoms with Gasteiger partial charge in [-0.25, -0.2) is 12.8 Å². The first-order valence-corrected chi connectivity index (χ1v) is 11.6. The van der Waals surface area contributed by atoms with Gasteiger partial charge in [0.15, 0.2) is 0 Å². The average molecular weight is 455 g/mol. The first-order chi connectivity index (χ1) is 15.3. The largest absolute Gasteiger partial charge is 0.495 e. The maximum absolute atomic E-state index is 13.7. The lowest BCUT2D eigenvalue weighted by Crippen LogP contribution is -2.27. The summed E-state index contributed by atoms with van der Waals surface area (Å²) in [6.45, 7) is 1.66. The van der Waals surface area contributed by atoms with Crippen LogP contribution in [0.25, 0.3) is 0 Å². The number of fused-ring (bicyclic) bond motifs is 1. The Balaban J connectivity index is 1.59. The number of aryl methyl sites for hydroxylation is 2. The molecule has 0 bridgehead atoms. The molecule has 0 aliphatic heterocycles. The van der Waals surface area contributed by atoms with E-state index in [9.17, 15) is 17.6 Å². The highest BCUT2D eigenvalue weighted by molar-refractivity contribution is 7.92. The predicted octanol–water partition coefficient (Wildman–Crippen LogP) is 4.36. The van der Waals surface area contributed by atoms with Crippen LogP contribution in [0, 0.1) is 12.7 Å². The van der Waals surface area contributed by atoms with Gasteiger partial charge in [-0.3, -0.25) is 9.52 Å². The lowest BCUT2D eigenvalue weighted by atomic mass is 10.1. The number of hydrogen-bond donors (Lipinski definition) is 2. The summed E-state index contributed by atoms with van der Waals surface area (Å²) in [5.41, 5.74) is 2.77. The minimum absolute atomic E-state index is 0.00563. The number of methoxy groups -OCH3 is 1. The summed E-state index contributed by atoms with van der Waals surface area (Å²) in [5.74, 6) is -0.383. The Morgan fingerprint density at radius 2 is 1.88 bits per heavy atom. The van der Waals surface area contributed by atoms with Gasteiger partial charge in [0, 0.05) is 5.56 Å². The first kappa shape index (κ1) is 21.8. The standard InChI is InChI=1S/C24H23FN2O4S/c1-15-7-8-17(24(28)26-20-12-10-16-9-11-18(25)14-19(16)20)13-23(15)32(29,30)27-21-5-3-4-6-22(21)31-2/h3-9,11,13-14,20,27H,10,12H2,1-2H3,(H,26,28). The summed E-state index contributed by atoms with van der Waals surface area (Å²) in [5, 5.41) is 2.90. The molecule has 32 heavy (non-hydrogen) atoms. The third-order valence-corrected chi connectivity index (χ3v) is 7.09. The highest BCUT2D eigenvalue weighted by Gasteiger charge is 2.26. The second-order valence-electron chi connectivity index (χ2n) is 7.69. The number of hydrogen-bond acceptors (Lipinski definition) is 4. The van der Waals surface area contributed by atoms with Gasteiger partial charge >= 0.3 is 0 Å². The summed E-state index contributed by atoms with van der Waals surface area (Å²) in [4.78, 5) is 12.9. The number of rotatable bonds is 6. The molecule has 2 N–H and O–H groups in total. The fourth-order valence-electron chi connectivity index (χ4n) is 3.92. The van der Waals surface area contributed by atoms with Crippen LogP contribution in [0.5, 0.6) is 5.75 Å². The molecule has 1 amide bonds. The number of ether oxygens (including phenoxy) is 1. The van der Waals surface area contributed by atoms with Gasteiger partial charge in [-0.05, 0) is 72.9 Å². The number of halogens is 1. The molecule has 0 saturated carbocycles. The molecule has 0 radical (unpaired) electrons. The van der Waals surface area contributed by atoms with E-state index in [4.69, 9.17) is 4.74 Å². The molecule has 4 rings (SSSR count). The molecular weight excluding hydrogens is 431 g/mol. The van der Waals surface area contributed by atoms with Crippen LogP contribution in [0.3, 0.4) is 0 Å². The van der Waals surface area contributed by atoms with Crippen LogP contribution in [0.4, 0.5) is 10.1 Å². The van der Waals surface area contributed by atoms with E-state index in [1.807, 2.05) is 0 Å². The Bertz CT molecular complexity index is 1290. The minimum atomic E-state index is -3.97. The van der Waals surface area contributed by atoms with Crippen LogP contribution < -0.4 is 14.8 Å². The number of amides is 1. The van der Waals surface area contributed by atoms with E-state index in [2.05, 4.69) is 10.0 Å². The van der Waals surface area contributed by atoms with E-state index in [1.165, 1.54) is 25.3 Å². The zero-order chi connectivity index (χ0) is 22.9. The monoisotopic (exact) mass is 454 g/mol. The molecule has 0 spiro atoms. The van der Waals surface area contributed by atoms with E-state index >= 15 is 0 Å². The summed E-state index contributed by atoms with van der Waals surface area (Å²) >= 11 is 0. The molecule has 0 heterocycles. The fraction of sp³-hybridized carbons (Fsp3) is 0.208. The molecule has 1 aliphatic carbocycles. The van der Waals surface area contributed by atoms with Gasteiger partial charge in [0.25, 0.3) is 15.9 Å². The van der Waals surface area contributed by atoms with Crippen molar-refractivity contribution >= 4 is 21.6 Å². The molecule has 0 aromatic heterocycles. The van der Waals surface area contributed by atoms with Gasteiger partial charge in [-0.1, -0.05) is 24.3 Å². The van der Waals surface area contributed by atoms with Crippen molar-refractivity contribution < 1.29 is 22.3 Å². The number of carbonyl (C=O) groups excluding carboxylic acids is 1. The normalized spacial score (nSPS) is 15.2. The SMILES string of the molecule is COc1ccccc1NS(=O)(=O)c1cc(C(=O)NC2CCc3ccc(F)cc32)ccc1C. The number of carbonyl (C=O) groups is 1. The highest BCUT2D eigenvalue weighted by Crippen LogP contribution is 2.32. The van der Waals surface area contributed by atoms with Crippen LogP contribution >= 0.6 is 0 Å². The van der Waals surface area contributed by atoms with Gasteiger partial charge in [0.2, 0.25) is 0 Å². The van der Waals surface area contributed by atoms with E-state index in [0.717, 1.165) is 17.5 Å². The molecule has 166 valence electrons. The van der Waals surface area contributed by atoms with Crippen molar-refractivity contribution in [1.82, 2.24) is 5.32 Å². The lowest BCUT2D eigenvalue weighted by molar-refractivity contribution is 0.0936. The van der Waals surface area contributed by atoms with Crippen molar-refractivity contribution in [3.05, 3.63) is 88.7 Å². The Morgan fingerprint density at radius 3 is 2.66 bits per heavy atom. The summed E-state index contributed by atoms with van der Waals surface area (Å²) in [6, 6.07) is 15.5. The number of benzene rings is 3. The van der Waals surface area contributed by atoms with Crippen LogP contribution in [-0.2, 0) is 16.4 Å². The Hall–Kier alpha value is -3.39. The van der Waals surface area contributed by atoms with Gasteiger partial charge in [0.1, 0.15) is 11.6 Å². The average Bonchev–Trinajstić information content (AvgIpc) is 3.15. The summed E-state index contributed by atoms with van der Waals surface area (Å²) < 4.78 is 47.5. The molecule has 6 nitrogen and oxygen atoms in total. The third kappa shape index (κ3) is 4.31. The number of sulfonamides is 1. The quantitative estimate of drug-likeness (QED) is 0.580. The van der Waals surface area contributed by atoms with Gasteiger partial charge in [-0.2, -0.15) is 0 Å². The zero-order valence-corrected chi connectivity index (χ0v) is 18.5. The third-order valence-electron chi connectivity index (χ3n) is 5.58. The predicted molar refractivity (Wildman–Crippen MR) is 120 cm³/mol. The van der Waals surface area contributed by atoms with Crippen LogP contribution in [0.1, 0.15) is 39.5 Å². The first-order valence-electron chi connectivity index (χ1n) is 10.1. The molecule has 3 aromatic carbocycles. The van der Waals surface area contributed by atoms with Crippen LogP contribution in [0.2, 0.25) is 0 Å². The molecule has 1 unspecified atom stereocenters. The summed E-state index contributed by atoms with van der Waals surface area (Å²) in [7, 11) is -2.52. The van der Waals surface area contributed by atoms with Crippen molar-refractivity contribution in [2.45, 2.75) is 30.7 Å². The van der Waals surface area contributed by atoms with E-state index < -0.39 is 15.9 Å². The Kier molecular flexibility index (Phi) is 5.88.